The van der Waals surface area contributed by atoms with Gasteiger partial charge < -0.3 is 25.1 Å². The number of aromatic nitrogens is 3. The van der Waals surface area contributed by atoms with E-state index in [4.69, 9.17) is 19.9 Å². The summed E-state index contributed by atoms with van der Waals surface area (Å²) in [5, 5.41) is 17.1. The van der Waals surface area contributed by atoms with E-state index >= 15 is 0 Å². The summed E-state index contributed by atoms with van der Waals surface area (Å²) in [6.07, 6.45) is 2.15. The van der Waals surface area contributed by atoms with Gasteiger partial charge in [0.2, 0.25) is 5.82 Å². The van der Waals surface area contributed by atoms with Crippen molar-refractivity contribution in [2.45, 2.75) is 90.7 Å². The zero-order chi connectivity index (χ0) is 28.3. The van der Waals surface area contributed by atoms with Crippen LogP contribution >= 0.6 is 7.44 Å². The third kappa shape index (κ3) is 9.57. The van der Waals surface area contributed by atoms with Gasteiger partial charge in [-0.15, -0.1) is 5.10 Å². The van der Waals surface area contributed by atoms with Gasteiger partial charge in [-0.1, -0.05) is 26.7 Å². The smallest absolute Gasteiger partial charge is 0.352 e. The lowest BCUT2D eigenvalue weighted by molar-refractivity contribution is -0.145. The highest BCUT2D eigenvalue weighted by molar-refractivity contribution is 7.60. The Morgan fingerprint density at radius 2 is 1.95 bits per heavy atom. The number of nitrogens with zero attached hydrogens (tertiary/aromatic N) is 4. The zero-order valence-electron chi connectivity index (χ0n) is 22.4. The van der Waals surface area contributed by atoms with E-state index in [1.165, 1.54) is 24.9 Å². The molecule has 2 rings (SSSR count). The number of rotatable bonds is 16. The van der Waals surface area contributed by atoms with Crippen molar-refractivity contribution in [3.8, 4) is 0 Å². The first-order chi connectivity index (χ1) is 18.0. The van der Waals surface area contributed by atoms with E-state index in [1.54, 1.807) is 0 Å². The van der Waals surface area contributed by atoms with Crippen LogP contribution in [0, 0.1) is 0 Å². The summed E-state index contributed by atoms with van der Waals surface area (Å²) in [7, 11) is -3.71. The van der Waals surface area contributed by atoms with Gasteiger partial charge in [-0.3, -0.25) is 14.2 Å². The molecule has 1 aromatic heterocycles. The summed E-state index contributed by atoms with van der Waals surface area (Å²) >= 11 is 0. The topological polar surface area (TPSA) is 197 Å². The molecular weight excluding hydrogens is 519 g/mol. The third-order valence-electron chi connectivity index (χ3n) is 5.74. The van der Waals surface area contributed by atoms with Gasteiger partial charge in [-0.25, -0.2) is 24.3 Å². The molecule has 0 aliphatic carbocycles. The van der Waals surface area contributed by atoms with Gasteiger partial charge in [0, 0.05) is 12.6 Å². The van der Waals surface area contributed by atoms with Gasteiger partial charge in [0.1, 0.15) is 24.2 Å². The van der Waals surface area contributed by atoms with E-state index in [9.17, 15) is 24.1 Å². The zero-order valence-corrected chi connectivity index (χ0v) is 23.3. The minimum atomic E-state index is -3.71. The van der Waals surface area contributed by atoms with Crippen LogP contribution in [0.5, 0.6) is 0 Å². The second-order valence-corrected chi connectivity index (χ2v) is 11.4. The number of carbonyl (C=O) groups excluding carboxylic acids is 3. The van der Waals surface area contributed by atoms with Crippen LogP contribution in [0.1, 0.15) is 83.1 Å². The lowest BCUT2D eigenvalue weighted by atomic mass is 10.1. The molecule has 5 atom stereocenters. The number of hydrogen-bond donors (Lipinski definition) is 3. The van der Waals surface area contributed by atoms with Crippen LogP contribution in [0.15, 0.2) is 11.1 Å². The molecule has 1 amide bonds. The van der Waals surface area contributed by atoms with Gasteiger partial charge in [-0.2, -0.15) is 0 Å². The molecule has 1 aromatic rings. The molecule has 0 bridgehead atoms. The van der Waals surface area contributed by atoms with E-state index in [0.29, 0.717) is 12.8 Å². The van der Waals surface area contributed by atoms with E-state index < -0.39 is 49.8 Å². The lowest BCUT2D eigenvalue weighted by Crippen LogP contribution is -2.34. The number of esters is 2. The maximum atomic E-state index is 13.9. The highest BCUT2D eigenvalue weighted by atomic mass is 31.2. The Kier molecular flexibility index (Phi) is 12.5. The second kappa shape index (κ2) is 15.1. The molecule has 14 nitrogen and oxygen atoms in total. The molecule has 1 saturated heterocycles. The quantitative estimate of drug-likeness (QED) is 0.116. The first-order valence-electron chi connectivity index (χ1n) is 12.8. The molecule has 0 radical (unpaired) electrons. The number of aliphatic hydroxyl groups is 1. The minimum absolute atomic E-state index is 0.0762. The minimum Gasteiger partial charge on any atom is -0.465 e. The Morgan fingerprint density at radius 1 is 1.29 bits per heavy atom. The maximum absolute atomic E-state index is 13.9. The molecule has 1 aliphatic rings. The monoisotopic (exact) mass is 558 g/mol. The van der Waals surface area contributed by atoms with Gasteiger partial charge in [0.25, 0.3) is 13.4 Å². The third-order valence-corrected chi connectivity index (χ3v) is 8.02. The summed E-state index contributed by atoms with van der Waals surface area (Å²) < 4.78 is 35.5. The van der Waals surface area contributed by atoms with Crippen molar-refractivity contribution >= 4 is 31.0 Å². The number of amides is 1. The standard InChI is InChI=1S/C23H39N6O8P/c1-5-7-10-35-22(32)15(3)27-38(34,28-16(4)23(33)36-11-8-6-2)12-9-17-13-18(30)21(37-17)29-14-25-20(26-29)19(24)31/h14-15,17-18,21,30H,5-13H2,1-4H3,(H2,24,31)(H,27,34)/t15-,17+,18+,21+,38?/m0/s1. The first-order valence-corrected chi connectivity index (χ1v) is 14.7. The van der Waals surface area contributed by atoms with E-state index in [2.05, 4.69) is 19.9 Å². The number of nitrogens with two attached hydrogens (primary N) is 1. The van der Waals surface area contributed by atoms with Crippen molar-refractivity contribution in [1.82, 2.24) is 19.9 Å². The molecule has 2 heterocycles. The highest BCUT2D eigenvalue weighted by Gasteiger charge is 2.38. The number of carbonyl (C=O) groups is 3. The van der Waals surface area contributed by atoms with E-state index in [0.717, 1.165) is 12.8 Å². The van der Waals surface area contributed by atoms with Crippen molar-refractivity contribution in [3.63, 3.8) is 0 Å². The summed E-state index contributed by atoms with van der Waals surface area (Å²) in [4.78, 5) is 39.8. The van der Waals surface area contributed by atoms with Crippen molar-refractivity contribution in [1.29, 1.82) is 0 Å². The van der Waals surface area contributed by atoms with E-state index in [-0.39, 0.29) is 43.8 Å². The second-order valence-electron chi connectivity index (χ2n) is 9.12. The fraction of sp³-hybridized carbons (Fsp3) is 0.739. The van der Waals surface area contributed by atoms with Gasteiger partial charge in [-0.05, 0) is 33.1 Å². The van der Waals surface area contributed by atoms with Crippen molar-refractivity contribution in [2.75, 3.05) is 19.4 Å². The molecule has 1 fully saturated rings. The molecule has 4 N–H and O–H groups in total. The summed E-state index contributed by atoms with van der Waals surface area (Å²) in [5.74, 6) is -2.30. The molecule has 214 valence electrons. The number of unbranched alkanes of at least 4 members (excludes halogenated alkanes) is 2. The molecule has 38 heavy (non-hydrogen) atoms. The van der Waals surface area contributed by atoms with Crippen LogP contribution in [0.2, 0.25) is 0 Å². The normalized spacial score (nSPS) is 22.0. The average molecular weight is 559 g/mol. The molecule has 0 spiro atoms. The van der Waals surface area contributed by atoms with Crippen LogP contribution in [0.4, 0.5) is 0 Å². The number of nitrogens with one attached hydrogen (secondary N) is 1. The number of aliphatic hydroxyl groups excluding tert-OH is 1. The number of hydrogen-bond acceptors (Lipinski definition) is 10. The van der Waals surface area contributed by atoms with Crippen molar-refractivity contribution in [3.05, 3.63) is 12.2 Å². The van der Waals surface area contributed by atoms with Crippen LogP contribution in [-0.4, -0.2) is 81.1 Å². The predicted octanol–water partition coefficient (Wildman–Crippen LogP) is 1.73. The van der Waals surface area contributed by atoms with Crippen LogP contribution in [0.25, 0.3) is 0 Å². The number of primary amides is 1. The molecule has 1 unspecified atom stereocenters. The Labute approximate surface area is 222 Å². The SMILES string of the molecule is CCCCOC(=O)C(C)=NP(=O)(CC[C@@H]1C[C@@H](O)[C@H](n2cnc(C(N)=O)n2)O1)N[C@@H](C)C(=O)OCCCC. The molecule has 0 saturated carbocycles. The summed E-state index contributed by atoms with van der Waals surface area (Å²) in [6, 6.07) is -0.949. The van der Waals surface area contributed by atoms with E-state index in [1.807, 2.05) is 13.8 Å². The van der Waals surface area contributed by atoms with Crippen LogP contribution < -0.4 is 10.8 Å². The van der Waals surface area contributed by atoms with Gasteiger partial charge >= 0.3 is 11.9 Å². The summed E-state index contributed by atoms with van der Waals surface area (Å²) in [6.45, 7) is 7.30. The Bertz CT molecular complexity index is 1030. The first kappa shape index (κ1) is 31.5. The molecule has 15 heteroatoms. The molecular formula is C23H39N6O8P. The summed E-state index contributed by atoms with van der Waals surface area (Å²) in [5.41, 5.74) is 5.09. The predicted molar refractivity (Wildman–Crippen MR) is 138 cm³/mol. The average Bonchev–Trinajstić information content (AvgIpc) is 3.49. The lowest BCUT2D eigenvalue weighted by Gasteiger charge is -2.22. The van der Waals surface area contributed by atoms with Crippen LogP contribution in [0.3, 0.4) is 0 Å². The number of ether oxygens (including phenoxy) is 3. The fourth-order valence-electron chi connectivity index (χ4n) is 3.62. The van der Waals surface area contributed by atoms with Gasteiger partial charge in [0.05, 0.1) is 19.3 Å². The molecule has 1 aliphatic heterocycles. The Balaban J connectivity index is 2.12. The van der Waals surface area contributed by atoms with Gasteiger partial charge in [0.15, 0.2) is 6.23 Å². The highest BCUT2D eigenvalue weighted by Crippen LogP contribution is 2.46. The van der Waals surface area contributed by atoms with Crippen LogP contribution in [-0.2, 0) is 28.4 Å². The van der Waals surface area contributed by atoms with Crippen molar-refractivity contribution in [2.24, 2.45) is 10.5 Å². The Morgan fingerprint density at radius 3 is 2.55 bits per heavy atom. The molecule has 0 aromatic carbocycles. The largest absolute Gasteiger partial charge is 0.465 e. The fourth-order valence-corrected chi connectivity index (χ4v) is 5.82. The Hall–Kier alpha value is -2.67. The van der Waals surface area contributed by atoms with Crippen molar-refractivity contribution < 1.29 is 38.3 Å². The maximum Gasteiger partial charge on any atom is 0.352 e.